The van der Waals surface area contributed by atoms with Crippen LogP contribution in [0, 0.1) is 5.82 Å². The second-order valence-corrected chi connectivity index (χ2v) is 6.98. The van der Waals surface area contributed by atoms with Crippen molar-refractivity contribution in [2.45, 2.75) is 24.9 Å². The number of halogens is 1. The molecule has 0 aromatic heterocycles. The highest BCUT2D eigenvalue weighted by Crippen LogP contribution is 2.30. The van der Waals surface area contributed by atoms with E-state index < -0.39 is 5.82 Å². The fraction of sp³-hybridized carbons (Fsp3) is 0.350. The summed E-state index contributed by atoms with van der Waals surface area (Å²) in [7, 11) is 2.17. The zero-order valence-electron chi connectivity index (χ0n) is 14.3. The lowest BCUT2D eigenvalue weighted by molar-refractivity contribution is 0.0935. The number of hydrogen-bond donors (Lipinski definition) is 2. The van der Waals surface area contributed by atoms with Crippen LogP contribution in [0.2, 0.25) is 0 Å². The van der Waals surface area contributed by atoms with Crippen molar-refractivity contribution in [2.24, 2.45) is 0 Å². The van der Waals surface area contributed by atoms with E-state index in [0.717, 1.165) is 18.7 Å². The molecule has 4 rings (SSSR count). The van der Waals surface area contributed by atoms with Crippen LogP contribution < -0.4 is 10.6 Å². The van der Waals surface area contributed by atoms with Gasteiger partial charge in [0.05, 0.1) is 5.56 Å². The number of hydrogen-bond acceptors (Lipinski definition) is 3. The Kier molecular flexibility index (Phi) is 4.17. The Morgan fingerprint density at radius 1 is 1.00 bits per heavy atom. The van der Waals surface area contributed by atoms with Crippen LogP contribution in [0.5, 0.6) is 0 Å². The summed E-state index contributed by atoms with van der Waals surface area (Å²) in [6, 6.07) is 12.7. The molecule has 2 aromatic rings. The van der Waals surface area contributed by atoms with Crippen LogP contribution in [0.3, 0.4) is 0 Å². The molecule has 1 fully saturated rings. The Labute approximate surface area is 147 Å². The highest BCUT2D eigenvalue weighted by Gasteiger charge is 2.25. The molecule has 1 amide bonds. The second-order valence-electron chi connectivity index (χ2n) is 6.98. The van der Waals surface area contributed by atoms with E-state index in [0.29, 0.717) is 17.2 Å². The molecule has 1 unspecified atom stereocenters. The highest BCUT2D eigenvalue weighted by atomic mass is 19.1. The van der Waals surface area contributed by atoms with Crippen LogP contribution in [0.1, 0.15) is 46.4 Å². The van der Waals surface area contributed by atoms with Crippen molar-refractivity contribution in [3.8, 4) is 0 Å². The minimum absolute atomic E-state index is 0.252. The standard InChI is InChI=1S/C20H22FN3O/c1-24-10-8-14(9-11-24)13-2-4-15(5-3-13)19-22-18-7-6-16(21)12-17(18)20(25)23-19/h2-7,12,14,19,22H,8-11H2,1H3,(H,23,25). The van der Waals surface area contributed by atoms with Gasteiger partial charge in [0, 0.05) is 5.69 Å². The smallest absolute Gasteiger partial charge is 0.255 e. The summed E-state index contributed by atoms with van der Waals surface area (Å²) in [5.74, 6) is -0.0443. The molecule has 2 aromatic carbocycles. The molecule has 0 bridgehead atoms. The van der Waals surface area contributed by atoms with E-state index >= 15 is 0 Å². The Bertz CT molecular complexity index is 782. The van der Waals surface area contributed by atoms with Crippen molar-refractivity contribution in [1.82, 2.24) is 10.2 Å². The summed E-state index contributed by atoms with van der Waals surface area (Å²) in [6.07, 6.45) is 2.08. The average Bonchev–Trinajstić information content (AvgIpc) is 2.63. The Hall–Kier alpha value is -2.40. The molecule has 5 heteroatoms. The van der Waals surface area contributed by atoms with E-state index in [1.54, 1.807) is 6.07 Å². The fourth-order valence-electron chi connectivity index (χ4n) is 3.70. The Morgan fingerprint density at radius 3 is 2.40 bits per heavy atom. The maximum absolute atomic E-state index is 13.3. The maximum Gasteiger partial charge on any atom is 0.255 e. The normalized spacial score (nSPS) is 21.4. The number of anilines is 1. The summed E-state index contributed by atoms with van der Waals surface area (Å²) in [6.45, 7) is 2.28. The third-order valence-electron chi connectivity index (χ3n) is 5.26. The van der Waals surface area contributed by atoms with Crippen LogP contribution in [0.15, 0.2) is 42.5 Å². The summed E-state index contributed by atoms with van der Waals surface area (Å²) in [5.41, 5.74) is 3.37. The first-order valence-corrected chi connectivity index (χ1v) is 8.75. The SMILES string of the molecule is CN1CCC(c2ccc(C3NC(=O)c4cc(F)ccc4N3)cc2)CC1. The van der Waals surface area contributed by atoms with E-state index in [-0.39, 0.29) is 12.1 Å². The number of piperidine rings is 1. The van der Waals surface area contributed by atoms with Crippen molar-refractivity contribution in [3.63, 3.8) is 0 Å². The van der Waals surface area contributed by atoms with E-state index in [9.17, 15) is 9.18 Å². The summed E-state index contributed by atoms with van der Waals surface area (Å²) >= 11 is 0. The second kappa shape index (κ2) is 6.48. The molecular formula is C20H22FN3O. The summed E-state index contributed by atoms with van der Waals surface area (Å²) in [5, 5.41) is 6.17. The molecule has 2 aliphatic rings. The molecule has 1 atom stereocenters. The van der Waals surface area contributed by atoms with Gasteiger partial charge >= 0.3 is 0 Å². The minimum atomic E-state index is -0.406. The van der Waals surface area contributed by atoms with Crippen LogP contribution >= 0.6 is 0 Å². The van der Waals surface area contributed by atoms with Gasteiger partial charge in [0.1, 0.15) is 12.0 Å². The van der Waals surface area contributed by atoms with Crippen LogP contribution in [-0.4, -0.2) is 30.9 Å². The predicted molar refractivity (Wildman–Crippen MR) is 96.1 cm³/mol. The molecular weight excluding hydrogens is 317 g/mol. The molecule has 4 nitrogen and oxygen atoms in total. The van der Waals surface area contributed by atoms with Gasteiger partial charge in [0.25, 0.3) is 5.91 Å². The lowest BCUT2D eigenvalue weighted by atomic mass is 9.89. The fourth-order valence-corrected chi connectivity index (χ4v) is 3.70. The first-order valence-electron chi connectivity index (χ1n) is 8.75. The van der Waals surface area contributed by atoms with Crippen molar-refractivity contribution >= 4 is 11.6 Å². The van der Waals surface area contributed by atoms with Gasteiger partial charge in [-0.1, -0.05) is 24.3 Å². The molecule has 2 aliphatic heterocycles. The topological polar surface area (TPSA) is 44.4 Å². The van der Waals surface area contributed by atoms with Gasteiger partial charge in [-0.15, -0.1) is 0 Å². The predicted octanol–water partition coefficient (Wildman–Crippen LogP) is 3.49. The zero-order valence-corrected chi connectivity index (χ0v) is 14.3. The van der Waals surface area contributed by atoms with E-state index in [1.165, 1.54) is 30.5 Å². The summed E-state index contributed by atoms with van der Waals surface area (Å²) in [4.78, 5) is 14.6. The number of rotatable bonds is 2. The molecule has 130 valence electrons. The highest BCUT2D eigenvalue weighted by molar-refractivity contribution is 6.01. The zero-order chi connectivity index (χ0) is 17.4. The third-order valence-corrected chi connectivity index (χ3v) is 5.26. The molecule has 25 heavy (non-hydrogen) atoms. The summed E-state index contributed by atoms with van der Waals surface area (Å²) < 4.78 is 13.3. The van der Waals surface area contributed by atoms with Crippen LogP contribution in [0.25, 0.3) is 0 Å². The Morgan fingerprint density at radius 2 is 1.68 bits per heavy atom. The first-order chi connectivity index (χ1) is 12.1. The molecule has 0 aliphatic carbocycles. The number of fused-ring (bicyclic) bond motifs is 1. The lowest BCUT2D eigenvalue weighted by Gasteiger charge is -2.30. The number of carbonyl (C=O) groups excluding carboxylic acids is 1. The molecule has 1 saturated heterocycles. The van der Waals surface area contributed by atoms with Gasteiger partial charge in [-0.2, -0.15) is 0 Å². The van der Waals surface area contributed by atoms with Crippen molar-refractivity contribution in [3.05, 3.63) is 65.0 Å². The lowest BCUT2D eigenvalue weighted by Crippen LogP contribution is -2.38. The van der Waals surface area contributed by atoms with Gasteiger partial charge in [-0.25, -0.2) is 4.39 Å². The van der Waals surface area contributed by atoms with Crippen molar-refractivity contribution < 1.29 is 9.18 Å². The van der Waals surface area contributed by atoms with Gasteiger partial charge in [0.2, 0.25) is 0 Å². The number of benzene rings is 2. The first kappa shape index (κ1) is 16.1. The van der Waals surface area contributed by atoms with E-state index in [4.69, 9.17) is 0 Å². The number of amides is 1. The number of nitrogens with zero attached hydrogens (tertiary/aromatic N) is 1. The largest absolute Gasteiger partial charge is 0.361 e. The van der Waals surface area contributed by atoms with E-state index in [2.05, 4.69) is 46.8 Å². The maximum atomic E-state index is 13.3. The van der Waals surface area contributed by atoms with Gasteiger partial charge in [0.15, 0.2) is 0 Å². The van der Waals surface area contributed by atoms with Gasteiger partial charge < -0.3 is 15.5 Å². The Balaban J connectivity index is 1.51. The third kappa shape index (κ3) is 3.24. The van der Waals surface area contributed by atoms with Gasteiger partial charge in [-0.05, 0) is 68.2 Å². The number of carbonyl (C=O) groups is 1. The molecule has 0 radical (unpaired) electrons. The average molecular weight is 339 g/mol. The minimum Gasteiger partial charge on any atom is -0.361 e. The molecule has 2 heterocycles. The van der Waals surface area contributed by atoms with Crippen LogP contribution in [-0.2, 0) is 0 Å². The van der Waals surface area contributed by atoms with Crippen LogP contribution in [0.4, 0.5) is 10.1 Å². The van der Waals surface area contributed by atoms with Crippen molar-refractivity contribution in [2.75, 3.05) is 25.5 Å². The van der Waals surface area contributed by atoms with E-state index in [1.807, 2.05) is 0 Å². The molecule has 2 N–H and O–H groups in total. The molecule has 0 spiro atoms. The van der Waals surface area contributed by atoms with Crippen molar-refractivity contribution in [1.29, 1.82) is 0 Å². The number of likely N-dealkylation sites (tertiary alicyclic amines) is 1. The quantitative estimate of drug-likeness (QED) is 0.880. The monoisotopic (exact) mass is 339 g/mol. The molecule has 0 saturated carbocycles. The van der Waals surface area contributed by atoms with Gasteiger partial charge in [-0.3, -0.25) is 4.79 Å². The number of nitrogens with one attached hydrogen (secondary N) is 2.